The molecule has 1 aromatic heterocycles. The summed E-state index contributed by atoms with van der Waals surface area (Å²) in [6, 6.07) is 5.19. The van der Waals surface area contributed by atoms with Crippen molar-refractivity contribution >= 4 is 27.7 Å². The monoisotopic (exact) mass is 410 g/mol. The Kier molecular flexibility index (Phi) is 5.82. The first kappa shape index (κ1) is 21.0. The molecular formula is C23H22O7. The van der Waals surface area contributed by atoms with Gasteiger partial charge in [0.15, 0.2) is 0 Å². The predicted molar refractivity (Wildman–Crippen MR) is 113 cm³/mol. The number of hydrogen-bond donors (Lipinski definition) is 4. The number of fused-ring (bicyclic) bond motifs is 3. The molecule has 7 nitrogen and oxygen atoms in total. The first-order valence-electron chi connectivity index (χ1n) is 9.38. The van der Waals surface area contributed by atoms with E-state index in [1.54, 1.807) is 0 Å². The largest absolute Gasteiger partial charge is 0.508 e. The summed E-state index contributed by atoms with van der Waals surface area (Å²) in [5.74, 6) is -1.76. The highest BCUT2D eigenvalue weighted by atomic mass is 16.4. The summed E-state index contributed by atoms with van der Waals surface area (Å²) < 4.78 is 5.27. The summed E-state index contributed by atoms with van der Waals surface area (Å²) in [6.45, 7) is 3.87. The van der Waals surface area contributed by atoms with Gasteiger partial charge in [-0.1, -0.05) is 17.7 Å². The van der Waals surface area contributed by atoms with Crippen molar-refractivity contribution < 1.29 is 29.6 Å². The molecule has 1 heterocycles. The van der Waals surface area contributed by atoms with Crippen LogP contribution in [0.2, 0.25) is 0 Å². The van der Waals surface area contributed by atoms with Crippen molar-refractivity contribution in [2.45, 2.75) is 33.1 Å². The zero-order chi connectivity index (χ0) is 22.0. The zero-order valence-electron chi connectivity index (χ0n) is 16.6. The lowest BCUT2D eigenvalue weighted by molar-refractivity contribution is -0.132. The molecule has 0 radical (unpaired) electrons. The van der Waals surface area contributed by atoms with Gasteiger partial charge >= 0.3 is 11.6 Å². The second kappa shape index (κ2) is 8.32. The molecule has 3 aromatic rings. The molecule has 0 atom stereocenters. The van der Waals surface area contributed by atoms with Crippen molar-refractivity contribution in [3.8, 4) is 17.2 Å². The van der Waals surface area contributed by atoms with E-state index in [4.69, 9.17) is 4.42 Å². The molecule has 4 N–H and O–H groups in total. The van der Waals surface area contributed by atoms with Gasteiger partial charge in [0.25, 0.3) is 0 Å². The minimum Gasteiger partial charge on any atom is -0.508 e. The Balaban J connectivity index is 2.06. The van der Waals surface area contributed by atoms with Crippen LogP contribution in [0, 0.1) is 0 Å². The molecule has 7 heteroatoms. The third-order valence-corrected chi connectivity index (χ3v) is 4.83. The van der Waals surface area contributed by atoms with E-state index in [9.17, 15) is 30.0 Å². The van der Waals surface area contributed by atoms with E-state index in [1.807, 2.05) is 19.9 Å². The fourth-order valence-corrected chi connectivity index (χ4v) is 3.31. The third kappa shape index (κ3) is 4.15. The maximum atomic E-state index is 12.3. The van der Waals surface area contributed by atoms with Crippen molar-refractivity contribution in [3.05, 3.63) is 63.5 Å². The van der Waals surface area contributed by atoms with Crippen LogP contribution >= 0.6 is 0 Å². The van der Waals surface area contributed by atoms with Crippen LogP contribution in [0.1, 0.15) is 32.3 Å². The normalized spacial score (nSPS) is 11.7. The molecule has 0 amide bonds. The molecule has 0 fully saturated rings. The van der Waals surface area contributed by atoms with Gasteiger partial charge in [0.2, 0.25) is 0 Å². The van der Waals surface area contributed by atoms with Gasteiger partial charge in [-0.3, -0.25) is 0 Å². The molecule has 0 aliphatic carbocycles. The van der Waals surface area contributed by atoms with E-state index in [0.29, 0.717) is 18.4 Å². The van der Waals surface area contributed by atoms with Crippen LogP contribution in [-0.4, -0.2) is 26.4 Å². The molecule has 0 spiro atoms. The summed E-state index contributed by atoms with van der Waals surface area (Å²) >= 11 is 0. The zero-order valence-corrected chi connectivity index (χ0v) is 16.6. The van der Waals surface area contributed by atoms with Gasteiger partial charge < -0.3 is 24.8 Å². The highest BCUT2D eigenvalue weighted by Gasteiger charge is 2.17. The summed E-state index contributed by atoms with van der Waals surface area (Å²) in [5, 5.41) is 40.2. The van der Waals surface area contributed by atoms with Gasteiger partial charge in [-0.05, 0) is 57.4 Å². The quantitative estimate of drug-likeness (QED) is 0.156. The SMILES string of the molecule is CC(C)=CCC/C(=C/Cc1cc2oc(=O)c3c(O)ccc(O)c3c2cc1O)C(=O)O. The molecule has 0 saturated heterocycles. The molecule has 0 bridgehead atoms. The first-order valence-corrected chi connectivity index (χ1v) is 9.38. The number of rotatable bonds is 6. The van der Waals surface area contributed by atoms with Crippen LogP contribution < -0.4 is 5.63 Å². The molecule has 30 heavy (non-hydrogen) atoms. The Labute approximate surface area is 171 Å². The smallest absolute Gasteiger partial charge is 0.348 e. The van der Waals surface area contributed by atoms with Gasteiger partial charge in [-0.25, -0.2) is 9.59 Å². The number of hydrogen-bond acceptors (Lipinski definition) is 6. The summed E-state index contributed by atoms with van der Waals surface area (Å²) in [6.07, 6.45) is 4.53. The van der Waals surface area contributed by atoms with Crippen molar-refractivity contribution in [2.75, 3.05) is 0 Å². The van der Waals surface area contributed by atoms with E-state index in [1.165, 1.54) is 30.3 Å². The van der Waals surface area contributed by atoms with Crippen LogP contribution in [0.15, 0.2) is 56.8 Å². The molecule has 3 rings (SSSR count). The molecule has 0 aliphatic rings. The lowest BCUT2D eigenvalue weighted by atomic mass is 10.0. The Morgan fingerprint density at radius 1 is 1.00 bits per heavy atom. The molecule has 0 aliphatic heterocycles. The number of carbonyl (C=O) groups is 1. The number of allylic oxidation sites excluding steroid dienone is 3. The average Bonchev–Trinajstić information content (AvgIpc) is 2.67. The Bertz CT molecular complexity index is 1260. The van der Waals surface area contributed by atoms with E-state index in [0.717, 1.165) is 5.57 Å². The number of phenolic OH excluding ortho intramolecular Hbond substituents is 3. The number of benzene rings is 2. The highest BCUT2D eigenvalue weighted by molar-refractivity contribution is 6.10. The topological polar surface area (TPSA) is 128 Å². The van der Waals surface area contributed by atoms with E-state index in [-0.39, 0.29) is 51.0 Å². The number of phenols is 3. The van der Waals surface area contributed by atoms with E-state index in [2.05, 4.69) is 0 Å². The molecular weight excluding hydrogens is 388 g/mol. The second-order valence-corrected chi connectivity index (χ2v) is 7.28. The Morgan fingerprint density at radius 2 is 1.67 bits per heavy atom. The number of carboxylic acid groups (broad SMARTS) is 1. The maximum Gasteiger partial charge on any atom is 0.348 e. The first-order chi connectivity index (χ1) is 14.2. The second-order valence-electron chi connectivity index (χ2n) is 7.28. The van der Waals surface area contributed by atoms with Gasteiger partial charge in [0, 0.05) is 21.9 Å². The number of aromatic hydroxyl groups is 3. The minimum atomic E-state index is -1.03. The molecule has 156 valence electrons. The van der Waals surface area contributed by atoms with Gasteiger partial charge in [-0.15, -0.1) is 0 Å². The Hall–Kier alpha value is -3.74. The molecule has 2 aromatic carbocycles. The summed E-state index contributed by atoms with van der Waals surface area (Å²) in [5.41, 5.74) is 0.964. The highest BCUT2D eigenvalue weighted by Crippen LogP contribution is 2.37. The van der Waals surface area contributed by atoms with Gasteiger partial charge in [0.05, 0.1) is 0 Å². The van der Waals surface area contributed by atoms with E-state index >= 15 is 0 Å². The van der Waals surface area contributed by atoms with Crippen LogP contribution in [0.4, 0.5) is 0 Å². The number of carboxylic acids is 1. The lowest BCUT2D eigenvalue weighted by Gasteiger charge is -2.09. The van der Waals surface area contributed by atoms with Crippen LogP contribution in [0.3, 0.4) is 0 Å². The fraction of sp³-hybridized carbons (Fsp3) is 0.217. The van der Waals surface area contributed by atoms with E-state index < -0.39 is 11.6 Å². The van der Waals surface area contributed by atoms with Crippen molar-refractivity contribution in [3.63, 3.8) is 0 Å². The fourth-order valence-electron chi connectivity index (χ4n) is 3.31. The third-order valence-electron chi connectivity index (χ3n) is 4.83. The van der Waals surface area contributed by atoms with Gasteiger partial charge in [-0.2, -0.15) is 0 Å². The summed E-state index contributed by atoms with van der Waals surface area (Å²) in [7, 11) is 0. The maximum absolute atomic E-state index is 12.3. The van der Waals surface area contributed by atoms with Crippen molar-refractivity contribution in [1.82, 2.24) is 0 Å². The standard InChI is InChI=1S/C23H22O7/c1-12(2)4-3-5-13(22(27)28)6-7-14-10-19-15(11-18(14)26)20-16(24)8-9-17(25)21(20)23(29)30-19/h4,6,8-11,24-26H,3,5,7H2,1-2H3,(H,27,28)/b13-6-. The van der Waals surface area contributed by atoms with Gasteiger partial charge in [0.1, 0.15) is 28.2 Å². The minimum absolute atomic E-state index is 0.0755. The van der Waals surface area contributed by atoms with Crippen molar-refractivity contribution in [1.29, 1.82) is 0 Å². The lowest BCUT2D eigenvalue weighted by Crippen LogP contribution is -2.02. The average molecular weight is 410 g/mol. The van der Waals surface area contributed by atoms with Crippen LogP contribution in [0.25, 0.3) is 21.7 Å². The van der Waals surface area contributed by atoms with Crippen LogP contribution in [0.5, 0.6) is 17.2 Å². The predicted octanol–water partition coefficient (Wildman–Crippen LogP) is 4.36. The molecule has 0 unspecified atom stereocenters. The van der Waals surface area contributed by atoms with Crippen molar-refractivity contribution in [2.24, 2.45) is 0 Å². The number of aliphatic carboxylic acids is 1. The molecule has 0 saturated carbocycles. The summed E-state index contributed by atoms with van der Waals surface area (Å²) in [4.78, 5) is 23.8. The van der Waals surface area contributed by atoms with Crippen LogP contribution in [-0.2, 0) is 11.2 Å². The Morgan fingerprint density at radius 3 is 2.30 bits per heavy atom.